The number of nitrogens with zero attached hydrogens (tertiary/aromatic N) is 2. The summed E-state index contributed by atoms with van der Waals surface area (Å²) in [5, 5.41) is 16.0. The van der Waals surface area contributed by atoms with Crippen molar-refractivity contribution in [1.82, 2.24) is 31.4 Å². The summed E-state index contributed by atoms with van der Waals surface area (Å²) in [4.78, 5) is 46.1. The molecule has 5 N–H and O–H groups in total. The molecule has 1 fully saturated rings. The van der Waals surface area contributed by atoms with Crippen LogP contribution < -0.4 is 21.5 Å². The number of amides is 4. The lowest BCUT2D eigenvalue weighted by Crippen LogP contribution is -2.61. The molecule has 3 unspecified atom stereocenters. The topological polar surface area (TPSA) is 136 Å². The Balaban J connectivity index is 1.66. The summed E-state index contributed by atoms with van der Waals surface area (Å²) in [6, 6.07) is 5.60. The molecule has 11 heteroatoms. The number of nitrogens with one attached hydrogen (secondary N) is 4. The SMILES string of the molecule is Cc1ncsc1-c1ccc(CNC(=O)C2CC(O)CN2C(=O)C(NC(=O)NNC(C)(C)C)C(C)(C)C)cc1. The summed E-state index contributed by atoms with van der Waals surface area (Å²) in [5.74, 6) is -0.756. The molecule has 0 radical (unpaired) electrons. The van der Waals surface area contributed by atoms with Crippen molar-refractivity contribution in [3.05, 3.63) is 41.0 Å². The van der Waals surface area contributed by atoms with Gasteiger partial charge in [0.2, 0.25) is 11.8 Å². The van der Waals surface area contributed by atoms with Gasteiger partial charge < -0.3 is 20.6 Å². The first-order chi connectivity index (χ1) is 17.7. The number of hydrogen-bond acceptors (Lipinski definition) is 7. The highest BCUT2D eigenvalue weighted by molar-refractivity contribution is 7.13. The van der Waals surface area contributed by atoms with E-state index < -0.39 is 35.5 Å². The number of carbonyl (C=O) groups is 3. The van der Waals surface area contributed by atoms with Gasteiger partial charge in [-0.2, -0.15) is 0 Å². The molecule has 0 aliphatic carbocycles. The van der Waals surface area contributed by atoms with Gasteiger partial charge in [-0.05, 0) is 44.2 Å². The van der Waals surface area contributed by atoms with Gasteiger partial charge >= 0.3 is 6.03 Å². The second-order valence-corrected chi connectivity index (χ2v) is 12.7. The lowest BCUT2D eigenvalue weighted by molar-refractivity contribution is -0.142. The zero-order chi connectivity index (χ0) is 28.3. The monoisotopic (exact) mass is 544 g/mol. The van der Waals surface area contributed by atoms with E-state index in [2.05, 4.69) is 26.5 Å². The van der Waals surface area contributed by atoms with Crippen molar-refractivity contribution in [2.24, 2.45) is 5.41 Å². The van der Waals surface area contributed by atoms with Crippen LogP contribution in [-0.4, -0.2) is 63.1 Å². The van der Waals surface area contributed by atoms with E-state index in [1.54, 1.807) is 11.3 Å². The number of carbonyl (C=O) groups excluding carboxylic acids is 3. The van der Waals surface area contributed by atoms with Crippen molar-refractivity contribution >= 4 is 29.2 Å². The van der Waals surface area contributed by atoms with Gasteiger partial charge in [-0.15, -0.1) is 11.3 Å². The van der Waals surface area contributed by atoms with Crippen LogP contribution in [0.5, 0.6) is 0 Å². The molecule has 1 aliphatic rings. The first kappa shape index (κ1) is 29.5. The van der Waals surface area contributed by atoms with E-state index in [1.807, 2.05) is 78.2 Å². The van der Waals surface area contributed by atoms with Crippen LogP contribution in [0, 0.1) is 12.3 Å². The third-order valence-corrected chi connectivity index (χ3v) is 7.21. The van der Waals surface area contributed by atoms with Crippen LogP contribution in [0.15, 0.2) is 29.8 Å². The molecule has 0 spiro atoms. The lowest BCUT2D eigenvalue weighted by Gasteiger charge is -2.35. The summed E-state index contributed by atoms with van der Waals surface area (Å²) < 4.78 is 0. The smallest absolute Gasteiger partial charge is 0.329 e. The van der Waals surface area contributed by atoms with Gasteiger partial charge in [0, 0.05) is 25.0 Å². The second kappa shape index (κ2) is 11.8. The largest absolute Gasteiger partial charge is 0.391 e. The van der Waals surface area contributed by atoms with E-state index >= 15 is 0 Å². The number of urea groups is 1. The Hall–Kier alpha value is -3.02. The molecular weight excluding hydrogens is 504 g/mol. The number of hydrogen-bond donors (Lipinski definition) is 5. The van der Waals surface area contributed by atoms with Gasteiger partial charge in [0.1, 0.15) is 12.1 Å². The van der Waals surface area contributed by atoms with Crippen LogP contribution >= 0.6 is 11.3 Å². The first-order valence-corrected chi connectivity index (χ1v) is 13.6. The maximum absolute atomic E-state index is 13.6. The molecule has 1 saturated heterocycles. The minimum Gasteiger partial charge on any atom is -0.391 e. The highest BCUT2D eigenvalue weighted by Gasteiger charge is 2.44. The fraction of sp³-hybridized carbons (Fsp3) is 0.556. The molecule has 2 aromatic rings. The lowest BCUT2D eigenvalue weighted by atomic mass is 9.85. The molecule has 3 atom stereocenters. The van der Waals surface area contributed by atoms with Crippen molar-refractivity contribution in [2.45, 2.75) is 85.2 Å². The number of aliphatic hydroxyl groups is 1. The number of rotatable bonds is 7. The number of likely N-dealkylation sites (tertiary alicyclic amines) is 1. The Morgan fingerprint density at radius 3 is 2.34 bits per heavy atom. The molecule has 10 nitrogen and oxygen atoms in total. The number of aliphatic hydroxyl groups excluding tert-OH is 1. The molecular formula is C27H40N6O4S. The zero-order valence-electron chi connectivity index (χ0n) is 23.2. The van der Waals surface area contributed by atoms with Crippen LogP contribution in [0.1, 0.15) is 59.2 Å². The summed E-state index contributed by atoms with van der Waals surface area (Å²) >= 11 is 1.58. The molecule has 1 aromatic heterocycles. The Kier molecular flexibility index (Phi) is 9.17. The van der Waals surface area contributed by atoms with E-state index in [-0.39, 0.29) is 31.0 Å². The van der Waals surface area contributed by atoms with Crippen molar-refractivity contribution in [2.75, 3.05) is 6.54 Å². The van der Waals surface area contributed by atoms with Crippen LogP contribution in [-0.2, 0) is 16.1 Å². The quantitative estimate of drug-likeness (QED) is 0.340. The molecule has 2 heterocycles. The summed E-state index contributed by atoms with van der Waals surface area (Å²) in [5.41, 5.74) is 9.22. The number of aryl methyl sites for hydroxylation is 1. The van der Waals surface area contributed by atoms with Crippen LogP contribution in [0.3, 0.4) is 0 Å². The zero-order valence-corrected chi connectivity index (χ0v) is 24.0. The molecule has 3 rings (SSSR count). The van der Waals surface area contributed by atoms with Crippen LogP contribution in [0.25, 0.3) is 10.4 Å². The summed E-state index contributed by atoms with van der Waals surface area (Å²) in [6.45, 7) is 13.5. The highest BCUT2D eigenvalue weighted by Crippen LogP contribution is 2.28. The Bertz CT molecular complexity index is 1140. The molecule has 208 valence electrons. The molecule has 38 heavy (non-hydrogen) atoms. The van der Waals surface area contributed by atoms with Crippen molar-refractivity contribution in [3.8, 4) is 10.4 Å². The maximum Gasteiger partial charge on any atom is 0.329 e. The first-order valence-electron chi connectivity index (χ1n) is 12.7. The Labute approximate surface area is 228 Å². The predicted molar refractivity (Wildman–Crippen MR) is 148 cm³/mol. The van der Waals surface area contributed by atoms with Crippen molar-refractivity contribution in [3.63, 3.8) is 0 Å². The number of β-amino-alcohol motifs (C(OH)–C–C–N with tert-alkyl or cyclic N) is 1. The van der Waals surface area contributed by atoms with E-state index in [4.69, 9.17) is 0 Å². The van der Waals surface area contributed by atoms with Gasteiger partial charge in [0.15, 0.2) is 0 Å². The predicted octanol–water partition coefficient (Wildman–Crippen LogP) is 2.71. The van der Waals surface area contributed by atoms with Crippen LogP contribution in [0.4, 0.5) is 4.79 Å². The molecule has 4 amide bonds. The molecule has 1 aromatic carbocycles. The van der Waals surface area contributed by atoms with E-state index in [9.17, 15) is 19.5 Å². The molecule has 0 bridgehead atoms. The van der Waals surface area contributed by atoms with E-state index in [1.165, 1.54) is 4.90 Å². The summed E-state index contributed by atoms with van der Waals surface area (Å²) in [6.07, 6.45) is -0.691. The standard InChI is InChI=1S/C27H40N6O4S/c1-16-21(38-15-29-16)18-10-8-17(9-11-18)13-28-23(35)20-12-19(34)14-33(20)24(36)22(26(2,3)4)30-25(37)31-32-27(5,6)7/h8-11,15,19-20,22,32,34H,12-14H2,1-7H3,(H,28,35)(H2,30,31,37). The number of benzene rings is 1. The normalized spacial score (nSPS) is 18.7. The third-order valence-electron chi connectivity index (χ3n) is 6.23. The fourth-order valence-electron chi connectivity index (χ4n) is 4.19. The van der Waals surface area contributed by atoms with Gasteiger partial charge in [-0.3, -0.25) is 15.0 Å². The van der Waals surface area contributed by atoms with Gasteiger partial charge in [-0.1, -0.05) is 45.0 Å². The number of hydrazine groups is 1. The van der Waals surface area contributed by atoms with Crippen LogP contribution in [0.2, 0.25) is 0 Å². The van der Waals surface area contributed by atoms with Gasteiger partial charge in [0.25, 0.3) is 0 Å². The van der Waals surface area contributed by atoms with Gasteiger partial charge in [-0.25, -0.2) is 15.2 Å². The van der Waals surface area contributed by atoms with Crippen molar-refractivity contribution < 1.29 is 19.5 Å². The Morgan fingerprint density at radius 2 is 1.79 bits per heavy atom. The fourth-order valence-corrected chi connectivity index (χ4v) is 5.00. The highest BCUT2D eigenvalue weighted by atomic mass is 32.1. The average molecular weight is 545 g/mol. The van der Waals surface area contributed by atoms with E-state index in [0.717, 1.165) is 21.7 Å². The number of aromatic nitrogens is 1. The summed E-state index contributed by atoms with van der Waals surface area (Å²) in [7, 11) is 0. The second-order valence-electron chi connectivity index (χ2n) is 11.9. The van der Waals surface area contributed by atoms with E-state index in [0.29, 0.717) is 0 Å². The number of thiazole rings is 1. The average Bonchev–Trinajstić information content (AvgIpc) is 3.44. The maximum atomic E-state index is 13.6. The van der Waals surface area contributed by atoms with Crippen molar-refractivity contribution in [1.29, 1.82) is 0 Å². The minimum absolute atomic E-state index is 0.0237. The molecule has 0 saturated carbocycles. The minimum atomic E-state index is -0.910. The third kappa shape index (κ3) is 7.75. The van der Waals surface area contributed by atoms with Gasteiger partial charge in [0.05, 0.1) is 22.2 Å². The molecule has 1 aliphatic heterocycles. The Morgan fingerprint density at radius 1 is 1.13 bits per heavy atom.